The molecule has 0 unspecified atom stereocenters. The molecule has 1 heterocycles. The van der Waals surface area contributed by atoms with E-state index in [2.05, 4.69) is 10.3 Å². The summed E-state index contributed by atoms with van der Waals surface area (Å²) < 4.78 is 41.9. The molecule has 0 radical (unpaired) electrons. The molecule has 6 heteroatoms. The molecule has 0 fully saturated rings. The number of benzene rings is 2. The quantitative estimate of drug-likeness (QED) is 0.722. The van der Waals surface area contributed by atoms with Gasteiger partial charge in [0.1, 0.15) is 23.1 Å². The van der Waals surface area contributed by atoms with Gasteiger partial charge in [-0.3, -0.25) is 0 Å². The van der Waals surface area contributed by atoms with E-state index in [1.807, 2.05) is 6.92 Å². The summed E-state index contributed by atoms with van der Waals surface area (Å²) in [4.78, 5) is 0. The van der Waals surface area contributed by atoms with Gasteiger partial charge in [0.25, 0.3) is 0 Å². The van der Waals surface area contributed by atoms with Crippen LogP contribution in [0.4, 0.5) is 13.2 Å². The summed E-state index contributed by atoms with van der Waals surface area (Å²) in [6.07, 6.45) is 1.55. The van der Waals surface area contributed by atoms with Gasteiger partial charge in [0.2, 0.25) is 0 Å². The van der Waals surface area contributed by atoms with Crippen LogP contribution in [0.1, 0.15) is 24.1 Å². The number of hydrogen-bond donors (Lipinski definition) is 0. The number of hydrogen-bond acceptors (Lipinski definition) is 2. The van der Waals surface area contributed by atoms with Gasteiger partial charge in [0.05, 0.1) is 12.2 Å². The molecule has 23 heavy (non-hydrogen) atoms. The number of rotatable bonds is 3. The van der Waals surface area contributed by atoms with Crippen molar-refractivity contribution in [3.63, 3.8) is 0 Å². The van der Waals surface area contributed by atoms with Crippen LogP contribution < -0.4 is 0 Å². The first kappa shape index (κ1) is 15.3. The molecule has 0 spiro atoms. The molecule has 0 aliphatic heterocycles. The molecule has 0 aliphatic carbocycles. The van der Waals surface area contributed by atoms with Gasteiger partial charge in [-0.15, -0.1) is 5.10 Å². The highest BCUT2D eigenvalue weighted by Gasteiger charge is 2.16. The summed E-state index contributed by atoms with van der Waals surface area (Å²) >= 11 is 0. The van der Waals surface area contributed by atoms with Crippen LogP contribution in [0.5, 0.6) is 0 Å². The average Bonchev–Trinajstić information content (AvgIpc) is 2.99. The second-order valence-corrected chi connectivity index (χ2v) is 5.38. The van der Waals surface area contributed by atoms with Crippen molar-refractivity contribution in [2.75, 3.05) is 0 Å². The van der Waals surface area contributed by atoms with E-state index in [0.29, 0.717) is 0 Å². The second-order valence-electron chi connectivity index (χ2n) is 5.38. The Balaban J connectivity index is 1.96. The van der Waals surface area contributed by atoms with Crippen LogP contribution >= 0.6 is 0 Å². The molecule has 1 atom stereocenters. The standard InChI is InChI=1S/C17H14F3N3/c1-10-7-12(18)3-5-14(10)11(2)23-9-17(21-22-23)15-8-13(19)4-6-16(15)20/h3-9,11H,1-2H3/t11-/m0/s1. The zero-order valence-electron chi connectivity index (χ0n) is 12.6. The zero-order chi connectivity index (χ0) is 16.6. The van der Waals surface area contributed by atoms with Gasteiger partial charge < -0.3 is 0 Å². The Hall–Kier alpha value is -2.63. The molecule has 3 rings (SSSR count). The summed E-state index contributed by atoms with van der Waals surface area (Å²) in [5.41, 5.74) is 1.96. The van der Waals surface area contributed by atoms with Crippen molar-refractivity contribution in [2.24, 2.45) is 0 Å². The van der Waals surface area contributed by atoms with Crippen LogP contribution in [0.25, 0.3) is 11.3 Å². The zero-order valence-corrected chi connectivity index (χ0v) is 12.6. The summed E-state index contributed by atoms with van der Waals surface area (Å²) in [7, 11) is 0. The van der Waals surface area contributed by atoms with Crippen molar-refractivity contribution in [3.05, 3.63) is 71.2 Å². The molecule has 3 aromatic rings. The molecule has 3 nitrogen and oxygen atoms in total. The second kappa shape index (κ2) is 5.87. The number of aryl methyl sites for hydroxylation is 1. The molecule has 1 aromatic heterocycles. The van der Waals surface area contributed by atoms with E-state index in [0.717, 1.165) is 29.3 Å². The van der Waals surface area contributed by atoms with Crippen LogP contribution in [-0.2, 0) is 0 Å². The minimum atomic E-state index is -0.566. The van der Waals surface area contributed by atoms with Gasteiger partial charge >= 0.3 is 0 Å². The minimum absolute atomic E-state index is 0.0549. The first-order valence-corrected chi connectivity index (χ1v) is 7.09. The van der Waals surface area contributed by atoms with Crippen molar-refractivity contribution in [3.8, 4) is 11.3 Å². The van der Waals surface area contributed by atoms with Gasteiger partial charge in [-0.05, 0) is 55.3 Å². The molecule has 2 aromatic carbocycles. The maximum atomic E-state index is 13.8. The molecule has 0 saturated carbocycles. The minimum Gasteiger partial charge on any atom is -0.245 e. The van der Waals surface area contributed by atoms with Gasteiger partial charge in [0, 0.05) is 5.56 Å². The lowest BCUT2D eigenvalue weighted by atomic mass is 10.0. The lowest BCUT2D eigenvalue weighted by molar-refractivity contribution is 0.538. The Labute approximate surface area is 131 Å². The molecule has 0 N–H and O–H groups in total. The van der Waals surface area contributed by atoms with Crippen molar-refractivity contribution < 1.29 is 13.2 Å². The topological polar surface area (TPSA) is 30.7 Å². The first-order chi connectivity index (χ1) is 11.0. The van der Waals surface area contributed by atoms with Crippen molar-refractivity contribution in [1.29, 1.82) is 0 Å². The van der Waals surface area contributed by atoms with E-state index in [-0.39, 0.29) is 23.1 Å². The van der Waals surface area contributed by atoms with Crippen LogP contribution in [0, 0.1) is 24.4 Å². The van der Waals surface area contributed by atoms with E-state index in [9.17, 15) is 13.2 Å². The van der Waals surface area contributed by atoms with Gasteiger partial charge in [-0.1, -0.05) is 11.3 Å². The fourth-order valence-corrected chi connectivity index (χ4v) is 2.53. The third kappa shape index (κ3) is 2.97. The molecule has 0 aliphatic rings. The molecule has 0 amide bonds. The highest BCUT2D eigenvalue weighted by molar-refractivity contribution is 5.58. The Bertz CT molecular complexity index is 858. The fourth-order valence-electron chi connectivity index (χ4n) is 2.53. The SMILES string of the molecule is Cc1cc(F)ccc1[C@H](C)n1cc(-c2cc(F)ccc2F)nn1. The molecule has 0 bridgehead atoms. The van der Waals surface area contributed by atoms with E-state index in [1.165, 1.54) is 12.1 Å². The third-order valence-electron chi connectivity index (χ3n) is 3.79. The number of nitrogens with zero attached hydrogens (tertiary/aromatic N) is 3. The largest absolute Gasteiger partial charge is 0.245 e. The summed E-state index contributed by atoms with van der Waals surface area (Å²) in [6, 6.07) is 7.47. The van der Waals surface area contributed by atoms with Crippen LogP contribution in [0.3, 0.4) is 0 Å². The van der Waals surface area contributed by atoms with Crippen LogP contribution in [0.15, 0.2) is 42.6 Å². The van der Waals surface area contributed by atoms with Gasteiger partial charge in [-0.25, -0.2) is 17.9 Å². The Morgan fingerprint density at radius 1 is 1.00 bits per heavy atom. The lowest BCUT2D eigenvalue weighted by Crippen LogP contribution is -2.09. The smallest absolute Gasteiger partial charge is 0.132 e. The van der Waals surface area contributed by atoms with Gasteiger partial charge in [0.15, 0.2) is 0 Å². The molecule has 118 valence electrons. The molecule has 0 saturated heterocycles. The van der Waals surface area contributed by atoms with Crippen LogP contribution in [-0.4, -0.2) is 15.0 Å². The Morgan fingerprint density at radius 2 is 1.70 bits per heavy atom. The molecular formula is C17H14F3N3. The number of halogens is 3. The summed E-state index contributed by atoms with van der Waals surface area (Å²) in [5.74, 6) is -1.41. The predicted molar refractivity (Wildman–Crippen MR) is 80.3 cm³/mol. The summed E-state index contributed by atoms with van der Waals surface area (Å²) in [6.45, 7) is 3.68. The highest BCUT2D eigenvalue weighted by atomic mass is 19.1. The third-order valence-corrected chi connectivity index (χ3v) is 3.79. The fraction of sp³-hybridized carbons (Fsp3) is 0.176. The lowest BCUT2D eigenvalue weighted by Gasteiger charge is -2.14. The normalized spacial score (nSPS) is 12.4. The Morgan fingerprint density at radius 3 is 2.43 bits per heavy atom. The van der Waals surface area contributed by atoms with Crippen molar-refractivity contribution >= 4 is 0 Å². The van der Waals surface area contributed by atoms with Crippen LogP contribution in [0.2, 0.25) is 0 Å². The average molecular weight is 317 g/mol. The van der Waals surface area contributed by atoms with E-state index < -0.39 is 11.6 Å². The maximum Gasteiger partial charge on any atom is 0.132 e. The highest BCUT2D eigenvalue weighted by Crippen LogP contribution is 2.25. The van der Waals surface area contributed by atoms with E-state index in [4.69, 9.17) is 0 Å². The monoisotopic (exact) mass is 317 g/mol. The van der Waals surface area contributed by atoms with Crippen molar-refractivity contribution in [2.45, 2.75) is 19.9 Å². The maximum absolute atomic E-state index is 13.8. The van der Waals surface area contributed by atoms with E-state index >= 15 is 0 Å². The number of aromatic nitrogens is 3. The van der Waals surface area contributed by atoms with E-state index in [1.54, 1.807) is 23.9 Å². The molecular weight excluding hydrogens is 303 g/mol. The predicted octanol–water partition coefficient (Wildman–Crippen LogP) is 4.28. The first-order valence-electron chi connectivity index (χ1n) is 7.09. The van der Waals surface area contributed by atoms with Crippen molar-refractivity contribution in [1.82, 2.24) is 15.0 Å². The summed E-state index contributed by atoms with van der Waals surface area (Å²) in [5, 5.41) is 7.90. The van der Waals surface area contributed by atoms with Gasteiger partial charge in [-0.2, -0.15) is 0 Å². The Kier molecular flexibility index (Phi) is 3.90.